The normalized spacial score (nSPS) is 28.4. The lowest BCUT2D eigenvalue weighted by Gasteiger charge is -2.48. The van der Waals surface area contributed by atoms with E-state index in [1.165, 1.54) is 31.2 Å². The van der Waals surface area contributed by atoms with Crippen molar-refractivity contribution in [3.05, 3.63) is 34.3 Å². The summed E-state index contributed by atoms with van der Waals surface area (Å²) in [5, 5.41) is 3.60. The Bertz CT molecular complexity index is 476. The Balaban J connectivity index is 1.76. The highest BCUT2D eigenvalue weighted by Crippen LogP contribution is 2.45. The van der Waals surface area contributed by atoms with Gasteiger partial charge in [0.15, 0.2) is 0 Å². The molecule has 2 fully saturated rings. The van der Waals surface area contributed by atoms with Gasteiger partial charge in [0.2, 0.25) is 0 Å². The molecule has 3 heteroatoms. The summed E-state index contributed by atoms with van der Waals surface area (Å²) in [6.07, 6.45) is 5.04. The van der Waals surface area contributed by atoms with Gasteiger partial charge < -0.3 is 10.1 Å². The second-order valence-corrected chi connectivity index (χ2v) is 7.96. The monoisotopic (exact) mass is 337 g/mol. The van der Waals surface area contributed by atoms with Crippen molar-refractivity contribution in [1.29, 1.82) is 0 Å². The topological polar surface area (TPSA) is 21.3 Å². The smallest absolute Gasteiger partial charge is 0.0968 e. The molecule has 2 nitrogen and oxygen atoms in total. The minimum Gasteiger partial charge on any atom is -0.364 e. The molecule has 0 amide bonds. The van der Waals surface area contributed by atoms with Gasteiger partial charge in [0.05, 0.1) is 11.7 Å². The highest BCUT2D eigenvalue weighted by atomic mass is 79.9. The lowest BCUT2D eigenvalue weighted by Crippen LogP contribution is -2.53. The van der Waals surface area contributed by atoms with Crippen LogP contribution in [0.1, 0.15) is 51.2 Å². The van der Waals surface area contributed by atoms with E-state index in [4.69, 9.17) is 4.74 Å². The van der Waals surface area contributed by atoms with E-state index in [2.05, 4.69) is 59.4 Å². The molecule has 1 unspecified atom stereocenters. The third-order valence-corrected chi connectivity index (χ3v) is 5.66. The first-order valence-corrected chi connectivity index (χ1v) is 8.42. The molecular weight excluding hydrogens is 314 g/mol. The van der Waals surface area contributed by atoms with Crippen molar-refractivity contribution in [3.63, 3.8) is 0 Å². The van der Waals surface area contributed by atoms with Crippen molar-refractivity contribution in [1.82, 2.24) is 5.32 Å². The molecule has 0 bridgehead atoms. The number of morpholine rings is 1. The van der Waals surface area contributed by atoms with Gasteiger partial charge in [0.1, 0.15) is 0 Å². The molecule has 2 aliphatic rings. The van der Waals surface area contributed by atoms with E-state index in [-0.39, 0.29) is 11.7 Å². The van der Waals surface area contributed by atoms with Gasteiger partial charge in [-0.25, -0.2) is 0 Å². The molecule has 1 saturated carbocycles. The fourth-order valence-corrected chi connectivity index (χ4v) is 3.94. The Morgan fingerprint density at radius 3 is 2.55 bits per heavy atom. The van der Waals surface area contributed by atoms with E-state index in [1.807, 2.05) is 0 Å². The molecule has 1 N–H and O–H groups in total. The molecule has 110 valence electrons. The number of rotatable bonds is 1. The van der Waals surface area contributed by atoms with Gasteiger partial charge in [0, 0.05) is 17.6 Å². The molecule has 1 atom stereocenters. The van der Waals surface area contributed by atoms with Crippen LogP contribution in [0.3, 0.4) is 0 Å². The van der Waals surface area contributed by atoms with Gasteiger partial charge >= 0.3 is 0 Å². The first kappa shape index (κ1) is 14.6. The average Bonchev–Trinajstić information content (AvgIpc) is 2.44. The summed E-state index contributed by atoms with van der Waals surface area (Å²) in [6.45, 7) is 6.67. The quantitative estimate of drug-likeness (QED) is 0.817. The fraction of sp³-hybridized carbons (Fsp3) is 0.647. The maximum Gasteiger partial charge on any atom is 0.0968 e. The van der Waals surface area contributed by atoms with Crippen molar-refractivity contribution in [3.8, 4) is 0 Å². The first-order valence-electron chi connectivity index (χ1n) is 7.63. The lowest BCUT2D eigenvalue weighted by atomic mass is 9.70. The van der Waals surface area contributed by atoms with Crippen LogP contribution in [0.15, 0.2) is 28.7 Å². The van der Waals surface area contributed by atoms with E-state index in [9.17, 15) is 0 Å². The molecule has 0 radical (unpaired) electrons. The zero-order chi connectivity index (χ0) is 14.2. The Morgan fingerprint density at radius 1 is 1.15 bits per heavy atom. The Kier molecular flexibility index (Phi) is 3.95. The first-order chi connectivity index (χ1) is 9.50. The van der Waals surface area contributed by atoms with E-state index < -0.39 is 0 Å². The van der Waals surface area contributed by atoms with Crippen molar-refractivity contribution in [2.24, 2.45) is 5.41 Å². The van der Waals surface area contributed by atoms with E-state index in [0.717, 1.165) is 17.6 Å². The minimum atomic E-state index is 0.0493. The van der Waals surface area contributed by atoms with E-state index in [1.54, 1.807) is 0 Å². The van der Waals surface area contributed by atoms with Crippen LogP contribution in [0.5, 0.6) is 0 Å². The Morgan fingerprint density at radius 2 is 1.85 bits per heavy atom. The van der Waals surface area contributed by atoms with Gasteiger partial charge in [0.25, 0.3) is 0 Å². The lowest BCUT2D eigenvalue weighted by molar-refractivity contribution is -0.147. The number of nitrogens with one attached hydrogen (secondary N) is 1. The van der Waals surface area contributed by atoms with Crippen LogP contribution in [0, 0.1) is 5.41 Å². The molecule has 1 aromatic rings. The molecule has 1 heterocycles. The summed E-state index contributed by atoms with van der Waals surface area (Å²) in [5.41, 5.74) is 1.80. The third kappa shape index (κ3) is 2.95. The Hall–Kier alpha value is -0.380. The van der Waals surface area contributed by atoms with Crippen LogP contribution in [0.25, 0.3) is 0 Å². The van der Waals surface area contributed by atoms with E-state index >= 15 is 0 Å². The molecule has 1 aromatic carbocycles. The van der Waals surface area contributed by atoms with Crippen LogP contribution in [-0.2, 0) is 4.74 Å². The second kappa shape index (κ2) is 5.43. The van der Waals surface area contributed by atoms with Gasteiger partial charge in [-0.1, -0.05) is 48.0 Å². The van der Waals surface area contributed by atoms with Crippen molar-refractivity contribution >= 4 is 15.9 Å². The molecule has 1 aliphatic heterocycles. The SMILES string of the molecule is CC1(C)CCC2(CC1)CNCC(c1ccccc1Br)O2. The summed E-state index contributed by atoms with van der Waals surface area (Å²) in [7, 11) is 0. The predicted molar refractivity (Wildman–Crippen MR) is 85.8 cm³/mol. The molecule has 1 aliphatic carbocycles. The maximum atomic E-state index is 6.58. The zero-order valence-corrected chi connectivity index (χ0v) is 14.0. The highest BCUT2D eigenvalue weighted by molar-refractivity contribution is 9.10. The summed E-state index contributed by atoms with van der Waals surface area (Å²) in [6, 6.07) is 8.42. The van der Waals surface area contributed by atoms with Crippen molar-refractivity contribution < 1.29 is 4.74 Å². The van der Waals surface area contributed by atoms with Crippen molar-refractivity contribution in [2.45, 2.75) is 51.2 Å². The van der Waals surface area contributed by atoms with Crippen LogP contribution in [0.4, 0.5) is 0 Å². The van der Waals surface area contributed by atoms with Crippen molar-refractivity contribution in [2.75, 3.05) is 13.1 Å². The molecule has 1 saturated heterocycles. The molecule has 20 heavy (non-hydrogen) atoms. The number of ether oxygens (including phenoxy) is 1. The largest absolute Gasteiger partial charge is 0.364 e. The van der Waals surface area contributed by atoms with Gasteiger partial charge in [-0.2, -0.15) is 0 Å². The molecule has 3 rings (SSSR count). The maximum absolute atomic E-state index is 6.58. The predicted octanol–water partition coefficient (Wildman–Crippen LogP) is 4.45. The summed E-state index contributed by atoms with van der Waals surface area (Å²) in [4.78, 5) is 0. The number of halogens is 1. The summed E-state index contributed by atoms with van der Waals surface area (Å²) >= 11 is 3.65. The summed E-state index contributed by atoms with van der Waals surface area (Å²) in [5.74, 6) is 0. The molecular formula is C17H24BrNO. The molecule has 1 spiro atoms. The molecule has 0 aromatic heterocycles. The second-order valence-electron chi connectivity index (χ2n) is 7.11. The van der Waals surface area contributed by atoms with Gasteiger partial charge in [-0.15, -0.1) is 0 Å². The van der Waals surface area contributed by atoms with Crippen LogP contribution < -0.4 is 5.32 Å². The standard InChI is InChI=1S/C17H24BrNO/c1-16(2)7-9-17(10-8-16)12-19-11-15(20-17)13-5-3-4-6-14(13)18/h3-6,15,19H,7-12H2,1-2H3. The third-order valence-electron chi connectivity index (χ3n) is 4.94. The van der Waals surface area contributed by atoms with Crippen LogP contribution in [-0.4, -0.2) is 18.7 Å². The van der Waals surface area contributed by atoms with Gasteiger partial charge in [-0.05, 0) is 42.7 Å². The fourth-order valence-electron chi connectivity index (χ4n) is 3.40. The minimum absolute atomic E-state index is 0.0493. The Labute approximate surface area is 130 Å². The van der Waals surface area contributed by atoms with Gasteiger partial charge in [-0.3, -0.25) is 0 Å². The zero-order valence-electron chi connectivity index (χ0n) is 12.4. The summed E-state index contributed by atoms with van der Waals surface area (Å²) < 4.78 is 7.74. The number of hydrogen-bond donors (Lipinski definition) is 1. The average molecular weight is 338 g/mol. The number of benzene rings is 1. The van der Waals surface area contributed by atoms with Crippen LogP contribution in [0.2, 0.25) is 0 Å². The van der Waals surface area contributed by atoms with Crippen LogP contribution >= 0.6 is 15.9 Å². The highest BCUT2D eigenvalue weighted by Gasteiger charge is 2.43. The number of hydrogen-bond acceptors (Lipinski definition) is 2. The van der Waals surface area contributed by atoms with E-state index in [0.29, 0.717) is 5.41 Å².